The van der Waals surface area contributed by atoms with Crippen molar-refractivity contribution < 1.29 is 48.0 Å². The quantitative estimate of drug-likeness (QED) is 0.293. The molecule has 11 nitrogen and oxygen atoms in total. The SMILES string of the molecule is CC(=O)NC1[C@@H](SCCC(C)C(C)CC(=O)O)OC(COC(C)=O)[C@H](OC(C)=O)[C@@H]1OC(C)=O. The molecule has 0 saturated carbocycles. The normalized spacial score (nSPS) is 26.0. The van der Waals surface area contributed by atoms with E-state index in [0.29, 0.717) is 12.2 Å². The van der Waals surface area contributed by atoms with Crippen LogP contribution in [0.1, 0.15) is 54.4 Å². The summed E-state index contributed by atoms with van der Waals surface area (Å²) in [7, 11) is 0. The average Bonchev–Trinajstić information content (AvgIpc) is 2.68. The summed E-state index contributed by atoms with van der Waals surface area (Å²) < 4.78 is 22.0. The van der Waals surface area contributed by atoms with Crippen molar-refractivity contribution in [3.63, 3.8) is 0 Å². The highest BCUT2D eigenvalue weighted by Gasteiger charge is 2.50. The van der Waals surface area contributed by atoms with Crippen molar-refractivity contribution >= 4 is 41.5 Å². The molecule has 0 bridgehead atoms. The molecule has 12 heteroatoms. The number of thioether (sulfide) groups is 1. The summed E-state index contributed by atoms with van der Waals surface area (Å²) >= 11 is 1.35. The molecule has 2 N–H and O–H groups in total. The van der Waals surface area contributed by atoms with Gasteiger partial charge in [-0.3, -0.25) is 24.0 Å². The zero-order chi connectivity index (χ0) is 26.0. The first-order valence-electron chi connectivity index (χ1n) is 11.1. The second-order valence-corrected chi connectivity index (χ2v) is 9.64. The number of carbonyl (C=O) groups is 5. The van der Waals surface area contributed by atoms with E-state index in [2.05, 4.69) is 5.32 Å². The van der Waals surface area contributed by atoms with E-state index in [4.69, 9.17) is 24.1 Å². The van der Waals surface area contributed by atoms with Crippen LogP contribution in [0, 0.1) is 11.8 Å². The second kappa shape index (κ2) is 14.1. The number of nitrogens with one attached hydrogen (secondary N) is 1. The molecule has 0 spiro atoms. The van der Waals surface area contributed by atoms with E-state index in [0.717, 1.165) is 0 Å². The van der Waals surface area contributed by atoms with Crippen molar-refractivity contribution in [2.24, 2.45) is 11.8 Å². The molecule has 0 aliphatic carbocycles. The van der Waals surface area contributed by atoms with Crippen LogP contribution in [0.2, 0.25) is 0 Å². The number of rotatable bonds is 12. The zero-order valence-electron chi connectivity index (χ0n) is 20.4. The highest BCUT2D eigenvalue weighted by molar-refractivity contribution is 7.99. The van der Waals surface area contributed by atoms with Crippen molar-refractivity contribution in [3.05, 3.63) is 0 Å². The van der Waals surface area contributed by atoms with Gasteiger partial charge in [-0.15, -0.1) is 11.8 Å². The summed E-state index contributed by atoms with van der Waals surface area (Å²) in [5, 5.41) is 11.7. The van der Waals surface area contributed by atoms with Crippen molar-refractivity contribution in [2.75, 3.05) is 12.4 Å². The molecule has 1 heterocycles. The topological polar surface area (TPSA) is 155 Å². The zero-order valence-corrected chi connectivity index (χ0v) is 21.2. The fourth-order valence-corrected chi connectivity index (χ4v) is 4.96. The first kappa shape index (κ1) is 29.7. The van der Waals surface area contributed by atoms with Crippen LogP contribution < -0.4 is 5.32 Å². The Kier molecular flexibility index (Phi) is 12.4. The van der Waals surface area contributed by atoms with Gasteiger partial charge in [-0.05, 0) is 24.0 Å². The Bertz CT molecular complexity index is 745. The number of carboxylic acids is 1. The van der Waals surface area contributed by atoms with Gasteiger partial charge in [0.1, 0.15) is 24.2 Å². The fraction of sp³-hybridized carbons (Fsp3) is 0.773. The molecule has 0 aromatic rings. The lowest BCUT2D eigenvalue weighted by Crippen LogP contribution is -2.65. The van der Waals surface area contributed by atoms with Gasteiger partial charge in [0, 0.05) is 34.1 Å². The Labute approximate surface area is 203 Å². The van der Waals surface area contributed by atoms with E-state index in [1.807, 2.05) is 13.8 Å². The lowest BCUT2D eigenvalue weighted by molar-refractivity contribution is -0.211. The number of carboxylic acid groups (broad SMARTS) is 1. The van der Waals surface area contributed by atoms with Crippen molar-refractivity contribution in [3.8, 4) is 0 Å². The van der Waals surface area contributed by atoms with Gasteiger partial charge in [-0.1, -0.05) is 13.8 Å². The fourth-order valence-electron chi connectivity index (χ4n) is 3.56. The van der Waals surface area contributed by atoms with E-state index in [-0.39, 0.29) is 24.9 Å². The van der Waals surface area contributed by atoms with Gasteiger partial charge in [0.2, 0.25) is 5.91 Å². The molecule has 1 aliphatic heterocycles. The summed E-state index contributed by atoms with van der Waals surface area (Å²) in [4.78, 5) is 57.9. The number of ether oxygens (including phenoxy) is 4. The maximum atomic E-state index is 11.9. The first-order chi connectivity index (χ1) is 15.8. The van der Waals surface area contributed by atoms with E-state index in [9.17, 15) is 24.0 Å². The monoisotopic (exact) mass is 505 g/mol. The maximum Gasteiger partial charge on any atom is 0.303 e. The van der Waals surface area contributed by atoms with Crippen molar-refractivity contribution in [1.82, 2.24) is 5.32 Å². The van der Waals surface area contributed by atoms with Gasteiger partial charge in [0.05, 0.1) is 0 Å². The van der Waals surface area contributed by atoms with Crippen LogP contribution in [-0.4, -0.2) is 77.0 Å². The van der Waals surface area contributed by atoms with E-state index in [1.54, 1.807) is 0 Å². The van der Waals surface area contributed by atoms with Gasteiger partial charge < -0.3 is 29.4 Å². The van der Waals surface area contributed by atoms with Crippen LogP contribution in [0.5, 0.6) is 0 Å². The third-order valence-corrected chi connectivity index (χ3v) is 6.60. The molecular weight excluding hydrogens is 470 g/mol. The van der Waals surface area contributed by atoms with Crippen LogP contribution in [0.25, 0.3) is 0 Å². The third-order valence-electron chi connectivity index (χ3n) is 5.39. The lowest BCUT2D eigenvalue weighted by Gasteiger charge is -2.45. The Morgan fingerprint density at radius 3 is 2.03 bits per heavy atom. The van der Waals surface area contributed by atoms with Crippen molar-refractivity contribution in [2.45, 2.75) is 84.2 Å². The van der Waals surface area contributed by atoms with Gasteiger partial charge >= 0.3 is 23.9 Å². The smallest absolute Gasteiger partial charge is 0.303 e. The Morgan fingerprint density at radius 1 is 0.941 bits per heavy atom. The van der Waals surface area contributed by atoms with Gasteiger partial charge in [0.25, 0.3) is 0 Å². The molecule has 1 fully saturated rings. The standard InChI is InChI=1S/C22H35NO10S/c1-11(12(2)9-18(28)29)7-8-34-22-19(23-13(3)24)21(32-16(6)27)20(31-15(5)26)17(33-22)10-30-14(4)25/h11-12,17,19-22H,7-10H2,1-6H3,(H,23,24)(H,28,29)/t11?,12?,17?,19?,20-,21+,22+/m0/s1. The molecule has 34 heavy (non-hydrogen) atoms. The number of carbonyl (C=O) groups excluding carboxylic acids is 4. The largest absolute Gasteiger partial charge is 0.481 e. The molecule has 0 aromatic carbocycles. The molecule has 194 valence electrons. The van der Waals surface area contributed by atoms with Crippen LogP contribution in [0.4, 0.5) is 0 Å². The Balaban J connectivity index is 3.13. The summed E-state index contributed by atoms with van der Waals surface area (Å²) in [5.41, 5.74) is -0.720. The molecular formula is C22H35NO10S. The maximum absolute atomic E-state index is 11.9. The Morgan fingerprint density at radius 2 is 1.53 bits per heavy atom. The number of hydrogen-bond acceptors (Lipinski definition) is 10. The lowest BCUT2D eigenvalue weighted by atomic mass is 9.91. The van der Waals surface area contributed by atoms with Gasteiger partial charge in [-0.25, -0.2) is 0 Å². The number of hydrogen-bond donors (Lipinski definition) is 2. The second-order valence-electron chi connectivity index (χ2n) is 8.43. The molecule has 1 aliphatic rings. The van der Waals surface area contributed by atoms with Crippen LogP contribution in [0.3, 0.4) is 0 Å². The average molecular weight is 506 g/mol. The van der Waals surface area contributed by atoms with Gasteiger partial charge in [0.15, 0.2) is 12.2 Å². The molecule has 0 aromatic heterocycles. The number of amides is 1. The number of esters is 3. The van der Waals surface area contributed by atoms with E-state index >= 15 is 0 Å². The minimum absolute atomic E-state index is 0.0321. The van der Waals surface area contributed by atoms with Crippen LogP contribution in [0.15, 0.2) is 0 Å². The third kappa shape index (κ3) is 10.3. The van der Waals surface area contributed by atoms with Crippen LogP contribution >= 0.6 is 11.8 Å². The minimum atomic E-state index is -1.12. The van der Waals surface area contributed by atoms with E-state index in [1.165, 1.54) is 39.5 Å². The molecule has 1 saturated heterocycles. The highest BCUT2D eigenvalue weighted by atomic mass is 32.2. The molecule has 1 rings (SSSR count). The summed E-state index contributed by atoms with van der Waals surface area (Å²) in [5.74, 6) is -2.50. The van der Waals surface area contributed by atoms with Crippen LogP contribution in [-0.2, 0) is 42.9 Å². The predicted molar refractivity (Wildman–Crippen MR) is 122 cm³/mol. The Hall–Kier alpha value is -2.34. The summed E-state index contributed by atoms with van der Waals surface area (Å²) in [6, 6.07) is -0.851. The number of aliphatic carboxylic acids is 1. The van der Waals surface area contributed by atoms with Gasteiger partial charge in [-0.2, -0.15) is 0 Å². The predicted octanol–water partition coefficient (Wildman–Crippen LogP) is 1.51. The molecule has 4 unspecified atom stereocenters. The molecule has 0 radical (unpaired) electrons. The molecule has 7 atom stereocenters. The van der Waals surface area contributed by atoms with E-state index < -0.39 is 59.6 Å². The summed E-state index contributed by atoms with van der Waals surface area (Å²) in [6.07, 6.45) is -2.41. The molecule has 1 amide bonds. The highest BCUT2D eigenvalue weighted by Crippen LogP contribution is 2.34. The first-order valence-corrected chi connectivity index (χ1v) is 12.1. The summed E-state index contributed by atoms with van der Waals surface area (Å²) in [6.45, 7) is 8.48. The van der Waals surface area contributed by atoms with Crippen molar-refractivity contribution in [1.29, 1.82) is 0 Å². The minimum Gasteiger partial charge on any atom is -0.481 e.